The molecule has 2 aromatic rings. The number of hydrogen-bond acceptors (Lipinski definition) is 2. The molecule has 0 spiro atoms. The number of alkyl halides is 3. The summed E-state index contributed by atoms with van der Waals surface area (Å²) in [5.41, 5.74) is 0.168. The van der Waals surface area contributed by atoms with Gasteiger partial charge >= 0.3 is 6.18 Å². The molecule has 0 aliphatic heterocycles. The maximum absolute atomic E-state index is 12.4. The van der Waals surface area contributed by atoms with Gasteiger partial charge < -0.3 is 10.3 Å². The number of aromatic amines is 1. The molecule has 1 aromatic carbocycles. The molecule has 0 radical (unpaired) electrons. The van der Waals surface area contributed by atoms with Crippen LogP contribution in [0.5, 0.6) is 0 Å². The molecule has 0 fully saturated rings. The lowest BCUT2D eigenvalue weighted by Crippen LogP contribution is -2.19. The number of H-pyrrole nitrogens is 1. The summed E-state index contributed by atoms with van der Waals surface area (Å²) in [5, 5.41) is 3.18. The van der Waals surface area contributed by atoms with Crippen LogP contribution >= 0.6 is 0 Å². The third-order valence-electron chi connectivity index (χ3n) is 2.82. The van der Waals surface area contributed by atoms with Crippen molar-refractivity contribution in [3.05, 3.63) is 53.6 Å². The van der Waals surface area contributed by atoms with E-state index in [9.17, 15) is 13.2 Å². The van der Waals surface area contributed by atoms with Crippen molar-refractivity contribution in [3.8, 4) is 0 Å². The highest BCUT2D eigenvalue weighted by molar-refractivity contribution is 5.24. The molecule has 19 heavy (non-hydrogen) atoms. The molecular weight excluding hydrogens is 255 g/mol. The highest BCUT2D eigenvalue weighted by Crippen LogP contribution is 2.29. The predicted molar refractivity (Wildman–Crippen MR) is 65.3 cm³/mol. The molecule has 1 heterocycles. The van der Waals surface area contributed by atoms with E-state index in [1.54, 1.807) is 12.4 Å². The molecule has 0 aliphatic rings. The number of aromatic nitrogens is 2. The SMILES string of the molecule is CC(NCc1ccc(C(F)(F)F)cc1)c1ncc[nH]1. The largest absolute Gasteiger partial charge is 0.416 e. The molecule has 6 heteroatoms. The second-order valence-corrected chi connectivity index (χ2v) is 4.27. The van der Waals surface area contributed by atoms with Crippen LogP contribution in [-0.4, -0.2) is 9.97 Å². The normalized spacial score (nSPS) is 13.5. The molecule has 1 aromatic heterocycles. The maximum Gasteiger partial charge on any atom is 0.416 e. The zero-order valence-corrected chi connectivity index (χ0v) is 10.3. The van der Waals surface area contributed by atoms with Gasteiger partial charge in [0.15, 0.2) is 0 Å². The predicted octanol–water partition coefficient (Wildman–Crippen LogP) is 3.28. The first-order chi connectivity index (χ1) is 8.97. The summed E-state index contributed by atoms with van der Waals surface area (Å²) in [6.07, 6.45) is -0.898. The number of nitrogens with zero attached hydrogens (tertiary/aromatic N) is 1. The summed E-state index contributed by atoms with van der Waals surface area (Å²) in [6.45, 7) is 2.42. The summed E-state index contributed by atoms with van der Waals surface area (Å²) >= 11 is 0. The fraction of sp³-hybridized carbons (Fsp3) is 0.308. The van der Waals surface area contributed by atoms with E-state index in [2.05, 4.69) is 15.3 Å². The number of hydrogen-bond donors (Lipinski definition) is 2. The minimum Gasteiger partial charge on any atom is -0.347 e. The Morgan fingerprint density at radius 1 is 1.26 bits per heavy atom. The molecule has 0 saturated carbocycles. The molecule has 0 saturated heterocycles. The summed E-state index contributed by atoms with van der Waals surface area (Å²) in [4.78, 5) is 7.09. The van der Waals surface area contributed by atoms with Crippen LogP contribution in [0.1, 0.15) is 29.9 Å². The second-order valence-electron chi connectivity index (χ2n) is 4.27. The molecule has 3 nitrogen and oxygen atoms in total. The molecule has 1 unspecified atom stereocenters. The van der Waals surface area contributed by atoms with E-state index < -0.39 is 11.7 Å². The van der Waals surface area contributed by atoms with Crippen molar-refractivity contribution in [1.29, 1.82) is 0 Å². The van der Waals surface area contributed by atoms with Gasteiger partial charge in [0.05, 0.1) is 11.6 Å². The topological polar surface area (TPSA) is 40.7 Å². The smallest absolute Gasteiger partial charge is 0.347 e. The van der Waals surface area contributed by atoms with Gasteiger partial charge in [-0.15, -0.1) is 0 Å². The van der Waals surface area contributed by atoms with Crippen LogP contribution in [-0.2, 0) is 12.7 Å². The van der Waals surface area contributed by atoms with Crippen LogP contribution in [0.2, 0.25) is 0 Å². The summed E-state index contributed by atoms with van der Waals surface area (Å²) in [7, 11) is 0. The molecule has 0 aliphatic carbocycles. The van der Waals surface area contributed by atoms with Gasteiger partial charge in [-0.05, 0) is 24.6 Å². The zero-order chi connectivity index (χ0) is 13.9. The molecule has 2 rings (SSSR count). The molecule has 1 atom stereocenters. The van der Waals surface area contributed by atoms with E-state index in [0.29, 0.717) is 6.54 Å². The molecule has 102 valence electrons. The van der Waals surface area contributed by atoms with E-state index >= 15 is 0 Å². The van der Waals surface area contributed by atoms with E-state index in [4.69, 9.17) is 0 Å². The van der Waals surface area contributed by atoms with Crippen LogP contribution in [0.25, 0.3) is 0 Å². The number of nitrogens with one attached hydrogen (secondary N) is 2. The average Bonchev–Trinajstić information content (AvgIpc) is 2.89. The van der Waals surface area contributed by atoms with Crippen molar-refractivity contribution in [2.75, 3.05) is 0 Å². The van der Waals surface area contributed by atoms with Gasteiger partial charge in [-0.1, -0.05) is 12.1 Å². The molecular formula is C13H14F3N3. The van der Waals surface area contributed by atoms with E-state index in [0.717, 1.165) is 23.5 Å². The van der Waals surface area contributed by atoms with Gasteiger partial charge in [0, 0.05) is 18.9 Å². The standard InChI is InChI=1S/C13H14F3N3/c1-9(12-17-6-7-18-12)19-8-10-2-4-11(5-3-10)13(14,15)16/h2-7,9,19H,8H2,1H3,(H,17,18). The number of benzene rings is 1. The molecule has 0 amide bonds. The Balaban J connectivity index is 1.93. The first-order valence-electron chi connectivity index (χ1n) is 5.85. The van der Waals surface area contributed by atoms with Crippen molar-refractivity contribution in [3.63, 3.8) is 0 Å². The van der Waals surface area contributed by atoms with Crippen molar-refractivity contribution >= 4 is 0 Å². The second kappa shape index (κ2) is 5.44. The number of rotatable bonds is 4. The fourth-order valence-electron chi connectivity index (χ4n) is 1.69. The lowest BCUT2D eigenvalue weighted by atomic mass is 10.1. The van der Waals surface area contributed by atoms with Crippen molar-refractivity contribution in [2.24, 2.45) is 0 Å². The average molecular weight is 269 g/mol. The van der Waals surface area contributed by atoms with E-state index in [1.165, 1.54) is 12.1 Å². The monoisotopic (exact) mass is 269 g/mol. The van der Waals surface area contributed by atoms with Crippen LogP contribution in [0.4, 0.5) is 13.2 Å². The Morgan fingerprint density at radius 3 is 2.47 bits per heavy atom. The Morgan fingerprint density at radius 2 is 1.95 bits per heavy atom. The van der Waals surface area contributed by atoms with Gasteiger partial charge in [0.2, 0.25) is 0 Å². The lowest BCUT2D eigenvalue weighted by molar-refractivity contribution is -0.137. The highest BCUT2D eigenvalue weighted by Gasteiger charge is 2.29. The maximum atomic E-state index is 12.4. The van der Waals surface area contributed by atoms with Crippen LogP contribution in [0, 0.1) is 0 Å². The van der Waals surface area contributed by atoms with Crippen LogP contribution in [0.15, 0.2) is 36.7 Å². The van der Waals surface area contributed by atoms with Crippen LogP contribution in [0.3, 0.4) is 0 Å². The molecule has 0 bridgehead atoms. The first kappa shape index (κ1) is 13.6. The van der Waals surface area contributed by atoms with Gasteiger partial charge in [0.1, 0.15) is 5.82 Å². The minimum absolute atomic E-state index is 0.0114. The number of imidazole rings is 1. The minimum atomic E-state index is -4.28. The first-order valence-corrected chi connectivity index (χ1v) is 5.85. The summed E-state index contributed by atoms with van der Waals surface area (Å²) < 4.78 is 37.2. The quantitative estimate of drug-likeness (QED) is 0.894. The third-order valence-corrected chi connectivity index (χ3v) is 2.82. The Bertz CT molecular complexity index is 503. The lowest BCUT2D eigenvalue weighted by Gasteiger charge is -2.12. The van der Waals surface area contributed by atoms with E-state index in [1.807, 2.05) is 6.92 Å². The Kier molecular flexibility index (Phi) is 3.90. The Labute approximate surface area is 108 Å². The van der Waals surface area contributed by atoms with Gasteiger partial charge in [0.25, 0.3) is 0 Å². The van der Waals surface area contributed by atoms with Crippen molar-refractivity contribution in [1.82, 2.24) is 15.3 Å². The third kappa shape index (κ3) is 3.57. The molecule has 2 N–H and O–H groups in total. The fourth-order valence-corrected chi connectivity index (χ4v) is 1.69. The van der Waals surface area contributed by atoms with Crippen molar-refractivity contribution < 1.29 is 13.2 Å². The van der Waals surface area contributed by atoms with Gasteiger partial charge in [-0.25, -0.2) is 4.98 Å². The van der Waals surface area contributed by atoms with Crippen LogP contribution < -0.4 is 5.32 Å². The Hall–Kier alpha value is -1.82. The van der Waals surface area contributed by atoms with E-state index in [-0.39, 0.29) is 6.04 Å². The van der Waals surface area contributed by atoms with Gasteiger partial charge in [-0.2, -0.15) is 13.2 Å². The summed E-state index contributed by atoms with van der Waals surface area (Å²) in [6, 6.07) is 5.15. The van der Waals surface area contributed by atoms with Gasteiger partial charge in [-0.3, -0.25) is 0 Å². The zero-order valence-electron chi connectivity index (χ0n) is 10.3. The number of halogens is 3. The summed E-state index contributed by atoms with van der Waals surface area (Å²) in [5.74, 6) is 0.798. The van der Waals surface area contributed by atoms with Crippen molar-refractivity contribution in [2.45, 2.75) is 25.7 Å². The highest BCUT2D eigenvalue weighted by atomic mass is 19.4.